The van der Waals surface area contributed by atoms with Gasteiger partial charge in [-0.3, -0.25) is 14.2 Å². The number of nitrogens with zero attached hydrogens (tertiary/aromatic N) is 5. The number of aromatic nitrogens is 5. The minimum Gasteiger partial charge on any atom is -0.427 e. The van der Waals surface area contributed by atoms with Crippen molar-refractivity contribution in [3.05, 3.63) is 58.6 Å². The molecule has 0 unspecified atom stereocenters. The number of ketones is 1. The molecular weight excluding hydrogens is 429 g/mol. The zero-order valence-corrected chi connectivity index (χ0v) is 18.1. The van der Waals surface area contributed by atoms with Crippen molar-refractivity contribution in [1.29, 1.82) is 0 Å². The van der Waals surface area contributed by atoms with Crippen molar-refractivity contribution in [2.24, 2.45) is 5.92 Å². The first-order chi connectivity index (χ1) is 16.0. The van der Waals surface area contributed by atoms with Crippen LogP contribution in [0, 0.1) is 12.8 Å². The Hall–Kier alpha value is -4.02. The summed E-state index contributed by atoms with van der Waals surface area (Å²) in [5, 5.41) is 10.3. The molecule has 0 aliphatic heterocycles. The molecule has 0 saturated heterocycles. The van der Waals surface area contributed by atoms with Crippen molar-refractivity contribution in [3.8, 4) is 5.88 Å². The number of rotatable bonds is 7. The molecule has 0 radical (unpaired) electrons. The number of carbonyl (C=O) groups excluding carboxylic acids is 1. The molecule has 170 valence electrons. The Morgan fingerprint density at radius 2 is 2.21 bits per heavy atom. The summed E-state index contributed by atoms with van der Waals surface area (Å²) < 4.78 is 21.9. The highest BCUT2D eigenvalue weighted by Gasteiger charge is 2.33. The third kappa shape index (κ3) is 3.65. The molecule has 4 heterocycles. The van der Waals surface area contributed by atoms with Gasteiger partial charge in [-0.15, -0.1) is 0 Å². The topological polar surface area (TPSA) is 119 Å². The van der Waals surface area contributed by atoms with Gasteiger partial charge in [-0.1, -0.05) is 0 Å². The average Bonchev–Trinajstić information content (AvgIpc) is 3.43. The van der Waals surface area contributed by atoms with Crippen LogP contribution in [0.1, 0.15) is 35.3 Å². The Morgan fingerprint density at radius 3 is 2.88 bits per heavy atom. The minimum atomic E-state index is -0.929. The molecule has 0 aromatic carbocycles. The van der Waals surface area contributed by atoms with E-state index in [2.05, 4.69) is 25.7 Å². The highest BCUT2D eigenvalue weighted by atomic mass is 19.1. The molecule has 2 atom stereocenters. The molecule has 2 N–H and O–H groups in total. The normalized spacial score (nSPS) is 17.7. The van der Waals surface area contributed by atoms with Crippen LogP contribution in [0.4, 0.5) is 21.7 Å². The fourth-order valence-corrected chi connectivity index (χ4v) is 3.92. The maximum absolute atomic E-state index is 13.7. The van der Waals surface area contributed by atoms with Crippen molar-refractivity contribution < 1.29 is 13.6 Å². The highest BCUT2D eigenvalue weighted by molar-refractivity contribution is 6.01. The molecule has 1 aliphatic rings. The van der Waals surface area contributed by atoms with Gasteiger partial charge < -0.3 is 15.1 Å². The first kappa shape index (κ1) is 20.9. The van der Waals surface area contributed by atoms with Gasteiger partial charge in [-0.05, 0) is 37.8 Å². The van der Waals surface area contributed by atoms with Gasteiger partial charge in [0.2, 0.25) is 5.88 Å². The molecule has 10 nitrogen and oxygen atoms in total. The van der Waals surface area contributed by atoms with E-state index in [-0.39, 0.29) is 29.4 Å². The molecular formula is C22H22FN7O3. The summed E-state index contributed by atoms with van der Waals surface area (Å²) in [6, 6.07) is 4.99. The minimum absolute atomic E-state index is 0.122. The van der Waals surface area contributed by atoms with Crippen LogP contribution in [0.5, 0.6) is 0 Å². The van der Waals surface area contributed by atoms with Gasteiger partial charge in [0.15, 0.2) is 17.8 Å². The third-order valence-corrected chi connectivity index (χ3v) is 5.95. The molecule has 1 saturated carbocycles. The zero-order valence-electron chi connectivity index (χ0n) is 18.1. The fourth-order valence-electron chi connectivity index (χ4n) is 3.92. The number of anilines is 3. The van der Waals surface area contributed by atoms with E-state index >= 15 is 0 Å². The number of halogens is 1. The first-order valence-electron chi connectivity index (χ1n) is 10.6. The van der Waals surface area contributed by atoms with Gasteiger partial charge in [-0.2, -0.15) is 9.61 Å². The maximum atomic E-state index is 13.7. The van der Waals surface area contributed by atoms with Crippen LogP contribution in [0.15, 0.2) is 46.2 Å². The molecule has 0 spiro atoms. The molecule has 1 fully saturated rings. The monoisotopic (exact) mass is 451 g/mol. The Labute approximate surface area is 187 Å². The predicted molar refractivity (Wildman–Crippen MR) is 119 cm³/mol. The number of Topliss-reactive ketones (excluding diaryl/α,β-unsaturated/α-hetero) is 1. The molecule has 1 aliphatic carbocycles. The zero-order chi connectivity index (χ0) is 23.1. The SMILES string of the molecule is CNc1cc(Nc2cccn(-c3ocnc3C)c2=O)nc2c(C(=O)C[C@@H]3CC[C@H]3F)cnn12. The van der Waals surface area contributed by atoms with Crippen molar-refractivity contribution in [2.45, 2.75) is 32.4 Å². The van der Waals surface area contributed by atoms with E-state index in [1.807, 2.05) is 0 Å². The molecule has 5 rings (SSSR count). The van der Waals surface area contributed by atoms with Crippen LogP contribution in [0.3, 0.4) is 0 Å². The Balaban J connectivity index is 1.51. The van der Waals surface area contributed by atoms with Crippen molar-refractivity contribution in [3.63, 3.8) is 0 Å². The van der Waals surface area contributed by atoms with E-state index in [0.717, 1.165) is 0 Å². The fraction of sp³-hybridized carbons (Fsp3) is 0.318. The number of fused-ring (bicyclic) bond motifs is 1. The lowest BCUT2D eigenvalue weighted by molar-refractivity contribution is 0.0767. The summed E-state index contributed by atoms with van der Waals surface area (Å²) in [4.78, 5) is 34.4. The van der Waals surface area contributed by atoms with Crippen LogP contribution < -0.4 is 16.2 Å². The average molecular weight is 451 g/mol. The smallest absolute Gasteiger partial charge is 0.281 e. The van der Waals surface area contributed by atoms with Crippen LogP contribution in [0.2, 0.25) is 0 Å². The van der Waals surface area contributed by atoms with Gasteiger partial charge >= 0.3 is 0 Å². The highest BCUT2D eigenvalue weighted by Crippen LogP contribution is 2.34. The van der Waals surface area contributed by atoms with Crippen LogP contribution in [-0.4, -0.2) is 43.2 Å². The number of alkyl halides is 1. The van der Waals surface area contributed by atoms with Crippen molar-refractivity contribution in [1.82, 2.24) is 24.1 Å². The van der Waals surface area contributed by atoms with Crippen molar-refractivity contribution >= 4 is 28.8 Å². The lowest BCUT2D eigenvalue weighted by Crippen LogP contribution is -2.29. The van der Waals surface area contributed by atoms with E-state index in [4.69, 9.17) is 4.42 Å². The Bertz CT molecular complexity index is 1410. The number of aryl methyl sites for hydroxylation is 1. The number of carbonyl (C=O) groups is 1. The summed E-state index contributed by atoms with van der Waals surface area (Å²) >= 11 is 0. The summed E-state index contributed by atoms with van der Waals surface area (Å²) in [6.45, 7) is 1.74. The number of nitrogens with one attached hydrogen (secondary N) is 2. The van der Waals surface area contributed by atoms with Crippen LogP contribution >= 0.6 is 0 Å². The van der Waals surface area contributed by atoms with Gasteiger partial charge in [-0.25, -0.2) is 14.4 Å². The summed E-state index contributed by atoms with van der Waals surface area (Å²) in [6.07, 6.45) is 4.72. The Morgan fingerprint density at radius 1 is 1.36 bits per heavy atom. The first-order valence-corrected chi connectivity index (χ1v) is 10.6. The number of pyridine rings is 1. The number of hydrogen-bond donors (Lipinski definition) is 2. The standard InChI is InChI=1S/C22H22FN7O3/c1-12-22(33-11-25-12)29-7-3-4-16(21(29)32)27-18-9-19(24-2)30-20(28-18)14(10-26-30)17(31)8-13-5-6-15(13)23/h3-4,7,9-11,13,15,24H,5-6,8H2,1-2H3,(H,27,28)/t13-,15+/m0/s1. The lowest BCUT2D eigenvalue weighted by atomic mass is 9.79. The second-order valence-corrected chi connectivity index (χ2v) is 8.02. The molecule has 0 bridgehead atoms. The van der Waals surface area contributed by atoms with Gasteiger partial charge in [0, 0.05) is 25.7 Å². The van der Waals surface area contributed by atoms with Gasteiger partial charge in [0.1, 0.15) is 29.2 Å². The summed E-state index contributed by atoms with van der Waals surface area (Å²) in [5.41, 5.74) is 1.13. The molecule has 4 aromatic rings. The summed E-state index contributed by atoms with van der Waals surface area (Å²) in [7, 11) is 1.71. The Kier molecular flexibility index (Phi) is 5.15. The van der Waals surface area contributed by atoms with E-state index in [0.29, 0.717) is 47.3 Å². The third-order valence-electron chi connectivity index (χ3n) is 5.95. The number of hydrogen-bond acceptors (Lipinski definition) is 8. The lowest BCUT2D eigenvalue weighted by Gasteiger charge is -2.29. The van der Waals surface area contributed by atoms with Crippen LogP contribution in [-0.2, 0) is 0 Å². The molecule has 4 aromatic heterocycles. The van der Waals surface area contributed by atoms with Crippen LogP contribution in [0.25, 0.3) is 11.5 Å². The maximum Gasteiger partial charge on any atom is 0.281 e. The van der Waals surface area contributed by atoms with Crippen molar-refractivity contribution in [2.75, 3.05) is 17.7 Å². The summed E-state index contributed by atoms with van der Waals surface area (Å²) in [5.74, 6) is 0.786. The largest absolute Gasteiger partial charge is 0.427 e. The second kappa shape index (κ2) is 8.15. The predicted octanol–water partition coefficient (Wildman–Crippen LogP) is 3.28. The van der Waals surface area contributed by atoms with E-state index in [9.17, 15) is 14.0 Å². The van der Waals surface area contributed by atoms with Gasteiger partial charge in [0.25, 0.3) is 5.56 Å². The van der Waals surface area contributed by atoms with E-state index in [1.165, 1.54) is 21.7 Å². The number of oxazole rings is 1. The quantitative estimate of drug-likeness (QED) is 0.411. The molecule has 11 heteroatoms. The second-order valence-electron chi connectivity index (χ2n) is 8.02. The van der Waals surface area contributed by atoms with Gasteiger partial charge in [0.05, 0.1) is 11.8 Å². The van der Waals surface area contributed by atoms with E-state index < -0.39 is 6.17 Å². The molecule has 0 amide bonds. The van der Waals surface area contributed by atoms with E-state index in [1.54, 1.807) is 38.4 Å². The molecule has 33 heavy (non-hydrogen) atoms.